The fourth-order valence-corrected chi connectivity index (χ4v) is 4.44. The first-order valence-electron chi connectivity index (χ1n) is 11.1. The van der Waals surface area contributed by atoms with Gasteiger partial charge in [-0.1, -0.05) is 35.3 Å². The molecule has 35 heavy (non-hydrogen) atoms. The molecular weight excluding hydrogens is 494 g/mol. The summed E-state index contributed by atoms with van der Waals surface area (Å²) in [6.45, 7) is 1.50. The van der Waals surface area contributed by atoms with Gasteiger partial charge in [-0.2, -0.15) is 0 Å². The van der Waals surface area contributed by atoms with Gasteiger partial charge in [-0.15, -0.1) is 0 Å². The molecule has 0 radical (unpaired) electrons. The molecule has 0 spiro atoms. The van der Waals surface area contributed by atoms with Crippen LogP contribution in [0.4, 0.5) is 15.0 Å². The lowest BCUT2D eigenvalue weighted by molar-refractivity contribution is 0.128. The number of rotatable bonds is 5. The van der Waals surface area contributed by atoms with E-state index >= 15 is 0 Å². The molecular formula is C24H21Cl2FN6O2. The van der Waals surface area contributed by atoms with E-state index in [0.29, 0.717) is 52.5 Å². The Hall–Kier alpha value is -3.43. The van der Waals surface area contributed by atoms with Crippen LogP contribution in [0.5, 0.6) is 5.75 Å². The minimum Gasteiger partial charge on any atom is -0.409 e. The highest BCUT2D eigenvalue weighted by Crippen LogP contribution is 2.29. The Bertz CT molecular complexity index is 1380. The zero-order chi connectivity index (χ0) is 24.4. The van der Waals surface area contributed by atoms with Gasteiger partial charge in [0.25, 0.3) is 0 Å². The second kappa shape index (κ2) is 10.1. The standard InChI is InChI=1S/C24H21Cl2FN6O2/c25-15-8-16-17(11-30-21(16)29-10-15)22-31-12-19(27)23(32-22)28-9-14-4-3-7-33(13-14)24(34)35-20-6-2-1-5-18(20)26/h1-2,5-6,8,10-12,14H,3-4,7,9,13H2,(H,29,30)(H,28,31,32)/t14-/m1/s1. The molecule has 4 aromatic rings. The number of hydrogen-bond donors (Lipinski definition) is 2. The maximum Gasteiger partial charge on any atom is 0.415 e. The third-order valence-corrected chi connectivity index (χ3v) is 6.37. The van der Waals surface area contributed by atoms with E-state index in [1.54, 1.807) is 47.6 Å². The predicted molar refractivity (Wildman–Crippen MR) is 132 cm³/mol. The molecule has 1 aliphatic heterocycles. The summed E-state index contributed by atoms with van der Waals surface area (Å²) in [7, 11) is 0. The Morgan fingerprint density at radius 3 is 2.97 bits per heavy atom. The number of piperidine rings is 1. The van der Waals surface area contributed by atoms with Crippen molar-refractivity contribution in [3.8, 4) is 17.1 Å². The van der Waals surface area contributed by atoms with Gasteiger partial charge in [0.2, 0.25) is 0 Å². The number of anilines is 1. The van der Waals surface area contributed by atoms with Crippen molar-refractivity contribution < 1.29 is 13.9 Å². The molecule has 1 saturated heterocycles. The summed E-state index contributed by atoms with van der Waals surface area (Å²) >= 11 is 12.2. The van der Waals surface area contributed by atoms with Crippen LogP contribution < -0.4 is 10.1 Å². The number of likely N-dealkylation sites (tertiary alicyclic amines) is 1. The monoisotopic (exact) mass is 514 g/mol. The van der Waals surface area contributed by atoms with Gasteiger partial charge in [0.1, 0.15) is 5.65 Å². The number of carbonyl (C=O) groups excluding carboxylic acids is 1. The van der Waals surface area contributed by atoms with Crippen LogP contribution >= 0.6 is 23.2 Å². The van der Waals surface area contributed by atoms with Crippen LogP contribution in [0.15, 0.2) is 48.9 Å². The maximum absolute atomic E-state index is 14.5. The SMILES string of the molecule is O=C(Oc1ccccc1Cl)N1CCC[C@H](CNc2nc(-c3c[nH]c4ncc(Cl)cc34)ncc2F)C1. The predicted octanol–water partition coefficient (Wildman–Crippen LogP) is 5.79. The van der Waals surface area contributed by atoms with Crippen LogP contribution in [0.2, 0.25) is 10.0 Å². The van der Waals surface area contributed by atoms with Crippen LogP contribution in [0.3, 0.4) is 0 Å². The average Bonchev–Trinajstić information content (AvgIpc) is 3.28. The number of hydrogen-bond acceptors (Lipinski definition) is 6. The number of halogens is 3. The van der Waals surface area contributed by atoms with E-state index in [1.165, 1.54) is 0 Å². The molecule has 11 heteroatoms. The summed E-state index contributed by atoms with van der Waals surface area (Å²) in [6.07, 6.45) is 5.63. The normalized spacial score (nSPS) is 15.9. The molecule has 3 aromatic heterocycles. The molecule has 0 bridgehead atoms. The Kier molecular flexibility index (Phi) is 6.70. The summed E-state index contributed by atoms with van der Waals surface area (Å²) in [4.78, 5) is 30.1. The van der Waals surface area contributed by atoms with Gasteiger partial charge >= 0.3 is 6.09 Å². The van der Waals surface area contributed by atoms with E-state index in [4.69, 9.17) is 27.9 Å². The molecule has 0 unspecified atom stereocenters. The van der Waals surface area contributed by atoms with E-state index < -0.39 is 11.9 Å². The van der Waals surface area contributed by atoms with Gasteiger partial charge in [0.05, 0.1) is 16.2 Å². The second-order valence-corrected chi connectivity index (χ2v) is 9.12. The third-order valence-electron chi connectivity index (χ3n) is 5.85. The first-order valence-corrected chi connectivity index (χ1v) is 11.8. The van der Waals surface area contributed by atoms with E-state index in [-0.39, 0.29) is 11.7 Å². The highest BCUT2D eigenvalue weighted by molar-refractivity contribution is 6.32. The van der Waals surface area contributed by atoms with Gasteiger partial charge < -0.3 is 19.9 Å². The highest BCUT2D eigenvalue weighted by Gasteiger charge is 2.26. The zero-order valence-electron chi connectivity index (χ0n) is 18.5. The Balaban J connectivity index is 1.26. The van der Waals surface area contributed by atoms with Gasteiger partial charge in [-0.05, 0) is 37.0 Å². The lowest BCUT2D eigenvalue weighted by Gasteiger charge is -2.32. The highest BCUT2D eigenvalue weighted by atomic mass is 35.5. The van der Waals surface area contributed by atoms with Gasteiger partial charge in [0, 0.05) is 43.0 Å². The van der Waals surface area contributed by atoms with Crippen molar-refractivity contribution in [2.24, 2.45) is 5.92 Å². The Morgan fingerprint density at radius 2 is 2.11 bits per heavy atom. The number of para-hydroxylation sites is 1. The molecule has 0 saturated carbocycles. The van der Waals surface area contributed by atoms with Crippen LogP contribution in [0.25, 0.3) is 22.4 Å². The number of ether oxygens (including phenoxy) is 1. The third kappa shape index (κ3) is 5.16. The molecule has 5 rings (SSSR count). The summed E-state index contributed by atoms with van der Waals surface area (Å²) in [5, 5.41) is 4.68. The Morgan fingerprint density at radius 1 is 1.26 bits per heavy atom. The minimum atomic E-state index is -0.560. The molecule has 1 amide bonds. The molecule has 8 nitrogen and oxygen atoms in total. The van der Waals surface area contributed by atoms with Gasteiger partial charge in [0.15, 0.2) is 23.2 Å². The van der Waals surface area contributed by atoms with E-state index in [1.807, 2.05) is 0 Å². The number of aromatic amines is 1. The molecule has 1 aromatic carbocycles. The lowest BCUT2D eigenvalue weighted by atomic mass is 9.98. The maximum atomic E-state index is 14.5. The second-order valence-electron chi connectivity index (χ2n) is 8.28. The van der Waals surface area contributed by atoms with Crippen molar-refractivity contribution in [3.63, 3.8) is 0 Å². The van der Waals surface area contributed by atoms with Crippen molar-refractivity contribution in [3.05, 3.63) is 64.8 Å². The summed E-state index contributed by atoms with van der Waals surface area (Å²) < 4.78 is 20.0. The zero-order valence-corrected chi connectivity index (χ0v) is 20.0. The quantitative estimate of drug-likeness (QED) is 0.350. The number of nitrogens with zero attached hydrogens (tertiary/aromatic N) is 4. The number of H-pyrrole nitrogens is 1. The summed E-state index contributed by atoms with van der Waals surface area (Å²) in [5.41, 5.74) is 1.31. The fraction of sp³-hybridized carbons (Fsp3) is 0.250. The van der Waals surface area contributed by atoms with Crippen molar-refractivity contribution >= 4 is 46.1 Å². The van der Waals surface area contributed by atoms with Crippen molar-refractivity contribution in [1.82, 2.24) is 24.8 Å². The van der Waals surface area contributed by atoms with E-state index in [2.05, 4.69) is 25.3 Å². The van der Waals surface area contributed by atoms with Crippen LogP contribution in [0, 0.1) is 11.7 Å². The van der Waals surface area contributed by atoms with Gasteiger partial charge in [-0.25, -0.2) is 24.1 Å². The fourth-order valence-electron chi connectivity index (χ4n) is 4.11. The van der Waals surface area contributed by atoms with E-state index in [9.17, 15) is 9.18 Å². The Labute approximate surface area is 210 Å². The lowest BCUT2D eigenvalue weighted by Crippen LogP contribution is -2.43. The van der Waals surface area contributed by atoms with Crippen molar-refractivity contribution in [2.45, 2.75) is 12.8 Å². The van der Waals surface area contributed by atoms with Crippen molar-refractivity contribution in [1.29, 1.82) is 0 Å². The molecule has 180 valence electrons. The number of aromatic nitrogens is 4. The van der Waals surface area contributed by atoms with E-state index in [0.717, 1.165) is 24.4 Å². The van der Waals surface area contributed by atoms with Crippen molar-refractivity contribution in [2.75, 3.05) is 25.0 Å². The number of amides is 1. The number of pyridine rings is 1. The topological polar surface area (TPSA) is 96.0 Å². The average molecular weight is 515 g/mol. The number of fused-ring (bicyclic) bond motifs is 1. The first-order chi connectivity index (χ1) is 17.0. The van der Waals surface area contributed by atoms with Crippen LogP contribution in [0.1, 0.15) is 12.8 Å². The first kappa shape index (κ1) is 23.3. The summed E-state index contributed by atoms with van der Waals surface area (Å²) in [6, 6.07) is 8.59. The van der Waals surface area contributed by atoms with Crippen LogP contribution in [-0.2, 0) is 0 Å². The molecule has 1 atom stereocenters. The summed E-state index contributed by atoms with van der Waals surface area (Å²) in [5.74, 6) is 0.295. The minimum absolute atomic E-state index is 0.0927. The molecule has 1 fully saturated rings. The molecule has 4 heterocycles. The largest absolute Gasteiger partial charge is 0.415 e. The number of carbonyl (C=O) groups is 1. The molecule has 1 aliphatic rings. The van der Waals surface area contributed by atoms with Gasteiger partial charge in [-0.3, -0.25) is 0 Å². The number of benzene rings is 1. The molecule has 0 aliphatic carbocycles. The molecule has 2 N–H and O–H groups in total. The van der Waals surface area contributed by atoms with Crippen LogP contribution in [-0.4, -0.2) is 50.6 Å². The number of nitrogens with one attached hydrogen (secondary N) is 2. The smallest absolute Gasteiger partial charge is 0.409 e.